The lowest BCUT2D eigenvalue weighted by Gasteiger charge is -1.98. The first kappa shape index (κ1) is 11.7. The number of rotatable bonds is 2. The topological polar surface area (TPSA) is 64.7 Å². The molecule has 0 amide bonds. The van der Waals surface area contributed by atoms with Crippen molar-refractivity contribution in [1.82, 2.24) is 15.0 Å². The van der Waals surface area contributed by atoms with Crippen molar-refractivity contribution < 1.29 is 0 Å². The number of halogens is 1. The number of nitrogen functional groups attached to an aromatic ring is 1. The van der Waals surface area contributed by atoms with Gasteiger partial charge >= 0.3 is 0 Å². The second-order valence-electron chi connectivity index (χ2n) is 3.44. The number of thiazole rings is 1. The molecule has 2 heterocycles. The van der Waals surface area contributed by atoms with Crippen LogP contribution >= 0.6 is 34.7 Å². The monoisotopic (exact) mass is 294 g/mol. The quantitative estimate of drug-likeness (QED) is 0.733. The van der Waals surface area contributed by atoms with E-state index in [1.54, 1.807) is 17.4 Å². The normalized spacial score (nSPS) is 10.9. The summed E-state index contributed by atoms with van der Waals surface area (Å²) in [4.78, 5) is 12.4. The Morgan fingerprint density at radius 3 is 2.78 bits per heavy atom. The number of hydrogen-bond acceptors (Lipinski definition) is 6. The molecule has 4 nitrogen and oxygen atoms in total. The Labute approximate surface area is 116 Å². The van der Waals surface area contributed by atoms with Crippen molar-refractivity contribution in [3.63, 3.8) is 0 Å². The van der Waals surface area contributed by atoms with Gasteiger partial charge in [-0.1, -0.05) is 23.7 Å². The Bertz CT molecular complexity index is 660. The standard InChI is InChI=1S/C11H7ClN4S2/c12-8-5-9(16-10(13)15-8)18-11-14-6-3-1-2-4-7(6)17-11/h1-5H,(H2,13,15,16). The van der Waals surface area contributed by atoms with Gasteiger partial charge in [-0.3, -0.25) is 0 Å². The highest BCUT2D eigenvalue weighted by molar-refractivity contribution is 8.01. The number of anilines is 1. The summed E-state index contributed by atoms with van der Waals surface area (Å²) in [5.41, 5.74) is 6.54. The zero-order valence-corrected chi connectivity index (χ0v) is 11.4. The van der Waals surface area contributed by atoms with Crippen LogP contribution < -0.4 is 5.73 Å². The van der Waals surface area contributed by atoms with Gasteiger partial charge in [0, 0.05) is 6.07 Å². The van der Waals surface area contributed by atoms with Crippen molar-refractivity contribution in [2.24, 2.45) is 0 Å². The third kappa shape index (κ3) is 2.40. The molecule has 0 aliphatic carbocycles. The summed E-state index contributed by atoms with van der Waals surface area (Å²) >= 11 is 8.88. The summed E-state index contributed by atoms with van der Waals surface area (Å²) in [6, 6.07) is 9.66. The van der Waals surface area contributed by atoms with Gasteiger partial charge in [0.05, 0.1) is 10.2 Å². The predicted octanol–water partition coefficient (Wildman–Crippen LogP) is 3.47. The molecular formula is C11H7ClN4S2. The minimum absolute atomic E-state index is 0.172. The summed E-state index contributed by atoms with van der Waals surface area (Å²) in [5, 5.41) is 1.04. The van der Waals surface area contributed by atoms with E-state index in [-0.39, 0.29) is 5.95 Å². The summed E-state index contributed by atoms with van der Waals surface area (Å²) < 4.78 is 2.05. The molecule has 0 atom stereocenters. The van der Waals surface area contributed by atoms with Crippen molar-refractivity contribution in [2.45, 2.75) is 9.37 Å². The van der Waals surface area contributed by atoms with Crippen LogP contribution in [-0.2, 0) is 0 Å². The number of para-hydroxylation sites is 1. The minimum atomic E-state index is 0.172. The fourth-order valence-corrected chi connectivity index (χ4v) is 3.73. The molecule has 7 heteroatoms. The maximum Gasteiger partial charge on any atom is 0.222 e. The highest BCUT2D eigenvalue weighted by Crippen LogP contribution is 2.34. The van der Waals surface area contributed by atoms with Crippen molar-refractivity contribution >= 4 is 50.9 Å². The second-order valence-corrected chi connectivity index (χ2v) is 6.12. The molecule has 0 saturated carbocycles. The molecule has 0 aliphatic rings. The van der Waals surface area contributed by atoms with Crippen molar-refractivity contribution in [3.05, 3.63) is 35.5 Å². The van der Waals surface area contributed by atoms with E-state index in [0.717, 1.165) is 14.6 Å². The van der Waals surface area contributed by atoms with Gasteiger partial charge in [0.2, 0.25) is 5.95 Å². The zero-order valence-electron chi connectivity index (χ0n) is 9.00. The zero-order chi connectivity index (χ0) is 12.5. The van der Waals surface area contributed by atoms with Crippen LogP contribution in [0.25, 0.3) is 10.2 Å². The van der Waals surface area contributed by atoms with Gasteiger partial charge in [-0.05, 0) is 23.9 Å². The molecule has 3 aromatic rings. The number of nitrogens with zero attached hydrogens (tertiary/aromatic N) is 3. The largest absolute Gasteiger partial charge is 0.368 e. The van der Waals surface area contributed by atoms with Crippen molar-refractivity contribution in [3.8, 4) is 0 Å². The summed E-state index contributed by atoms with van der Waals surface area (Å²) in [5.74, 6) is 0.172. The van der Waals surface area contributed by atoms with Crippen LogP contribution in [0, 0.1) is 0 Å². The molecule has 18 heavy (non-hydrogen) atoms. The van der Waals surface area contributed by atoms with E-state index in [4.69, 9.17) is 17.3 Å². The van der Waals surface area contributed by atoms with Crippen LogP contribution in [-0.4, -0.2) is 15.0 Å². The maximum atomic E-state index is 5.83. The number of nitrogens with two attached hydrogens (primary N) is 1. The molecule has 0 radical (unpaired) electrons. The van der Waals surface area contributed by atoms with Crippen LogP contribution in [0.5, 0.6) is 0 Å². The first-order valence-electron chi connectivity index (χ1n) is 5.04. The van der Waals surface area contributed by atoms with Crippen LogP contribution in [0.3, 0.4) is 0 Å². The maximum absolute atomic E-state index is 5.83. The Kier molecular flexibility index (Phi) is 3.07. The van der Waals surface area contributed by atoms with E-state index >= 15 is 0 Å². The Hall–Kier alpha value is -1.37. The SMILES string of the molecule is Nc1nc(Cl)cc(Sc2nc3ccccc3s2)n1. The van der Waals surface area contributed by atoms with Gasteiger partial charge in [-0.2, -0.15) is 0 Å². The van der Waals surface area contributed by atoms with E-state index in [1.165, 1.54) is 11.8 Å². The van der Waals surface area contributed by atoms with Crippen molar-refractivity contribution in [2.75, 3.05) is 5.73 Å². The smallest absolute Gasteiger partial charge is 0.222 e. The van der Waals surface area contributed by atoms with Gasteiger partial charge in [-0.15, -0.1) is 11.3 Å². The highest BCUT2D eigenvalue weighted by Gasteiger charge is 2.07. The van der Waals surface area contributed by atoms with Gasteiger partial charge in [-0.25, -0.2) is 15.0 Å². The van der Waals surface area contributed by atoms with Gasteiger partial charge in [0.25, 0.3) is 0 Å². The fraction of sp³-hybridized carbons (Fsp3) is 0. The van der Waals surface area contributed by atoms with E-state index in [1.807, 2.05) is 24.3 Å². The van der Waals surface area contributed by atoms with E-state index in [0.29, 0.717) is 10.2 Å². The van der Waals surface area contributed by atoms with Crippen LogP contribution in [0.1, 0.15) is 0 Å². The molecule has 2 N–H and O–H groups in total. The second kappa shape index (κ2) is 4.72. The van der Waals surface area contributed by atoms with E-state index in [9.17, 15) is 0 Å². The lowest BCUT2D eigenvalue weighted by molar-refractivity contribution is 1.06. The number of aromatic nitrogens is 3. The highest BCUT2D eigenvalue weighted by atomic mass is 35.5. The molecule has 0 fully saturated rings. The summed E-state index contributed by atoms with van der Waals surface area (Å²) in [7, 11) is 0. The molecule has 0 unspecified atom stereocenters. The van der Waals surface area contributed by atoms with Gasteiger partial charge in [0.1, 0.15) is 10.2 Å². The molecule has 3 rings (SSSR count). The lowest BCUT2D eigenvalue weighted by Crippen LogP contribution is -1.95. The first-order chi connectivity index (χ1) is 8.70. The average Bonchev–Trinajstić information content (AvgIpc) is 2.69. The van der Waals surface area contributed by atoms with Gasteiger partial charge < -0.3 is 5.73 Å². The average molecular weight is 295 g/mol. The van der Waals surface area contributed by atoms with Crippen LogP contribution in [0.15, 0.2) is 39.7 Å². The molecule has 0 saturated heterocycles. The Morgan fingerprint density at radius 1 is 1.17 bits per heavy atom. The minimum Gasteiger partial charge on any atom is -0.368 e. The Balaban J connectivity index is 1.96. The summed E-state index contributed by atoms with van der Waals surface area (Å²) in [6.07, 6.45) is 0. The predicted molar refractivity (Wildman–Crippen MR) is 75.2 cm³/mol. The fourth-order valence-electron chi connectivity index (χ4n) is 1.45. The number of benzene rings is 1. The van der Waals surface area contributed by atoms with E-state index < -0.39 is 0 Å². The van der Waals surface area contributed by atoms with Crippen LogP contribution in [0.4, 0.5) is 5.95 Å². The molecule has 90 valence electrons. The van der Waals surface area contributed by atoms with Crippen LogP contribution in [0.2, 0.25) is 5.15 Å². The third-order valence-electron chi connectivity index (χ3n) is 2.15. The number of fused-ring (bicyclic) bond motifs is 1. The molecule has 0 aliphatic heterocycles. The third-order valence-corrected chi connectivity index (χ3v) is 4.36. The van der Waals surface area contributed by atoms with Crippen molar-refractivity contribution in [1.29, 1.82) is 0 Å². The Morgan fingerprint density at radius 2 is 2.00 bits per heavy atom. The summed E-state index contributed by atoms with van der Waals surface area (Å²) in [6.45, 7) is 0. The van der Waals surface area contributed by atoms with Gasteiger partial charge in [0.15, 0.2) is 4.34 Å². The lowest BCUT2D eigenvalue weighted by atomic mass is 10.3. The molecule has 1 aromatic carbocycles. The molecule has 0 spiro atoms. The van der Waals surface area contributed by atoms with E-state index in [2.05, 4.69) is 15.0 Å². The first-order valence-corrected chi connectivity index (χ1v) is 7.05. The number of hydrogen-bond donors (Lipinski definition) is 1. The molecule has 2 aromatic heterocycles. The molecule has 0 bridgehead atoms. The molecular weight excluding hydrogens is 288 g/mol.